The van der Waals surface area contributed by atoms with Gasteiger partial charge in [0.2, 0.25) is 0 Å². The van der Waals surface area contributed by atoms with Crippen LogP contribution in [-0.4, -0.2) is 29.6 Å². The van der Waals surface area contributed by atoms with Gasteiger partial charge in [-0.2, -0.15) is 0 Å². The van der Waals surface area contributed by atoms with Gasteiger partial charge in [0.1, 0.15) is 0 Å². The Morgan fingerprint density at radius 2 is 1.33 bits per heavy atom. The van der Waals surface area contributed by atoms with Gasteiger partial charge in [0.05, 0.1) is 12.2 Å². The number of rotatable bonds is 5. The van der Waals surface area contributed by atoms with Crippen LogP contribution in [0.5, 0.6) is 0 Å². The lowest BCUT2D eigenvalue weighted by Crippen LogP contribution is -2.47. The molecule has 18 heavy (non-hydrogen) atoms. The summed E-state index contributed by atoms with van der Waals surface area (Å²) in [5.41, 5.74) is 11.8. The lowest BCUT2D eigenvalue weighted by molar-refractivity contribution is -0.249. The van der Waals surface area contributed by atoms with Crippen molar-refractivity contribution in [1.82, 2.24) is 0 Å². The van der Waals surface area contributed by atoms with Gasteiger partial charge in [0.15, 0.2) is 6.29 Å². The predicted molar refractivity (Wildman–Crippen MR) is 74.2 cm³/mol. The Kier molecular flexibility index (Phi) is 5.18. The largest absolute Gasteiger partial charge is 0.349 e. The fourth-order valence-electron chi connectivity index (χ4n) is 2.49. The van der Waals surface area contributed by atoms with Crippen LogP contribution in [0.25, 0.3) is 0 Å². The van der Waals surface area contributed by atoms with Crippen molar-refractivity contribution in [2.24, 2.45) is 11.5 Å². The van der Waals surface area contributed by atoms with Crippen molar-refractivity contribution < 1.29 is 9.47 Å². The van der Waals surface area contributed by atoms with E-state index in [9.17, 15) is 0 Å². The lowest BCUT2D eigenvalue weighted by Gasteiger charge is -2.39. The fraction of sp³-hybridized carbons (Fsp3) is 1.00. The zero-order valence-electron chi connectivity index (χ0n) is 12.5. The summed E-state index contributed by atoms with van der Waals surface area (Å²) >= 11 is 0. The molecule has 1 aliphatic heterocycles. The van der Waals surface area contributed by atoms with Gasteiger partial charge in [-0.05, 0) is 47.0 Å². The van der Waals surface area contributed by atoms with Gasteiger partial charge in [0.25, 0.3) is 0 Å². The maximum atomic E-state index is 6.08. The monoisotopic (exact) mass is 258 g/mol. The Labute approximate surface area is 111 Å². The Hall–Kier alpha value is -0.160. The standard InChI is InChI=1S/C14H30N2O2/c1-6-12-17-10(8-13(2,3)15)7-11(18-12)9-14(4,5)16/h10-12H,6-9,15-16H2,1-5H3. The Morgan fingerprint density at radius 1 is 0.944 bits per heavy atom. The first-order valence-corrected chi connectivity index (χ1v) is 6.98. The van der Waals surface area contributed by atoms with Gasteiger partial charge < -0.3 is 20.9 Å². The van der Waals surface area contributed by atoms with Crippen LogP contribution in [0.3, 0.4) is 0 Å². The highest BCUT2D eigenvalue weighted by molar-refractivity contribution is 4.85. The van der Waals surface area contributed by atoms with Crippen LogP contribution >= 0.6 is 0 Å². The second-order valence-electron chi connectivity index (χ2n) is 6.98. The molecule has 0 spiro atoms. The van der Waals surface area contributed by atoms with E-state index < -0.39 is 0 Å². The number of nitrogens with two attached hydrogens (primary N) is 2. The first-order chi connectivity index (χ1) is 8.09. The second-order valence-corrected chi connectivity index (χ2v) is 6.98. The average molecular weight is 258 g/mol. The lowest BCUT2D eigenvalue weighted by atomic mass is 9.90. The van der Waals surface area contributed by atoms with Crippen LogP contribution in [0, 0.1) is 0 Å². The Bertz CT molecular complexity index is 232. The Morgan fingerprint density at radius 3 is 1.61 bits per heavy atom. The molecule has 1 rings (SSSR count). The van der Waals surface area contributed by atoms with Crippen molar-refractivity contribution in [2.45, 2.75) is 89.9 Å². The van der Waals surface area contributed by atoms with E-state index in [0.717, 1.165) is 25.7 Å². The molecule has 0 aliphatic carbocycles. The summed E-state index contributed by atoms with van der Waals surface area (Å²) in [6.07, 6.45) is 3.70. The van der Waals surface area contributed by atoms with Gasteiger partial charge in [-0.3, -0.25) is 0 Å². The van der Waals surface area contributed by atoms with E-state index in [4.69, 9.17) is 20.9 Å². The van der Waals surface area contributed by atoms with Crippen LogP contribution in [0.15, 0.2) is 0 Å². The molecule has 2 unspecified atom stereocenters. The summed E-state index contributed by atoms with van der Waals surface area (Å²) in [7, 11) is 0. The molecule has 2 atom stereocenters. The topological polar surface area (TPSA) is 70.5 Å². The summed E-state index contributed by atoms with van der Waals surface area (Å²) < 4.78 is 11.8. The maximum absolute atomic E-state index is 6.08. The van der Waals surface area contributed by atoms with Crippen LogP contribution in [-0.2, 0) is 9.47 Å². The van der Waals surface area contributed by atoms with E-state index in [1.165, 1.54) is 0 Å². The van der Waals surface area contributed by atoms with Crippen molar-refractivity contribution in [2.75, 3.05) is 0 Å². The smallest absolute Gasteiger partial charge is 0.158 e. The van der Waals surface area contributed by atoms with Gasteiger partial charge in [-0.15, -0.1) is 0 Å². The molecule has 4 heteroatoms. The number of ether oxygens (including phenoxy) is 2. The van der Waals surface area contributed by atoms with Crippen LogP contribution < -0.4 is 11.5 Å². The third kappa shape index (κ3) is 6.14. The van der Waals surface area contributed by atoms with Gasteiger partial charge in [-0.1, -0.05) is 6.92 Å². The number of hydrogen-bond donors (Lipinski definition) is 2. The molecule has 1 saturated heterocycles. The molecule has 1 fully saturated rings. The number of hydrogen-bond acceptors (Lipinski definition) is 4. The molecule has 0 aromatic heterocycles. The quantitative estimate of drug-likeness (QED) is 0.792. The SMILES string of the molecule is CCC1OC(CC(C)(C)N)CC(CC(C)(C)N)O1. The maximum Gasteiger partial charge on any atom is 0.158 e. The highest BCUT2D eigenvalue weighted by atomic mass is 16.7. The summed E-state index contributed by atoms with van der Waals surface area (Å²) in [5, 5.41) is 0. The zero-order valence-corrected chi connectivity index (χ0v) is 12.5. The van der Waals surface area contributed by atoms with E-state index in [2.05, 4.69) is 6.92 Å². The highest BCUT2D eigenvalue weighted by Crippen LogP contribution is 2.29. The molecule has 0 amide bonds. The first kappa shape index (κ1) is 15.9. The Balaban J connectivity index is 2.60. The third-order valence-electron chi connectivity index (χ3n) is 3.06. The van der Waals surface area contributed by atoms with Crippen molar-refractivity contribution in [3.8, 4) is 0 Å². The minimum absolute atomic E-state index is 0.113. The molecule has 0 aromatic carbocycles. The highest BCUT2D eigenvalue weighted by Gasteiger charge is 2.33. The van der Waals surface area contributed by atoms with Gasteiger partial charge in [-0.25, -0.2) is 0 Å². The molecule has 0 radical (unpaired) electrons. The van der Waals surface area contributed by atoms with E-state index >= 15 is 0 Å². The summed E-state index contributed by atoms with van der Waals surface area (Å²) in [6, 6.07) is 0. The van der Waals surface area contributed by atoms with Gasteiger partial charge >= 0.3 is 0 Å². The molecular formula is C14H30N2O2. The van der Waals surface area contributed by atoms with E-state index in [-0.39, 0.29) is 29.6 Å². The van der Waals surface area contributed by atoms with E-state index in [0.29, 0.717) is 0 Å². The normalized spacial score (nSPS) is 30.5. The first-order valence-electron chi connectivity index (χ1n) is 6.98. The van der Waals surface area contributed by atoms with Gasteiger partial charge in [0, 0.05) is 17.5 Å². The van der Waals surface area contributed by atoms with E-state index in [1.807, 2.05) is 27.7 Å². The fourth-order valence-corrected chi connectivity index (χ4v) is 2.49. The minimum Gasteiger partial charge on any atom is -0.349 e. The van der Waals surface area contributed by atoms with Crippen molar-refractivity contribution in [3.63, 3.8) is 0 Å². The third-order valence-corrected chi connectivity index (χ3v) is 3.06. The average Bonchev–Trinajstić information content (AvgIpc) is 2.11. The van der Waals surface area contributed by atoms with Crippen molar-refractivity contribution >= 4 is 0 Å². The summed E-state index contributed by atoms with van der Waals surface area (Å²) in [5.74, 6) is 0. The second kappa shape index (κ2) is 5.87. The molecule has 1 heterocycles. The van der Waals surface area contributed by atoms with Crippen LogP contribution in [0.4, 0.5) is 0 Å². The molecular weight excluding hydrogens is 228 g/mol. The molecule has 0 saturated carbocycles. The predicted octanol–water partition coefficient (Wildman–Crippen LogP) is 2.15. The van der Waals surface area contributed by atoms with Crippen LogP contribution in [0.2, 0.25) is 0 Å². The molecule has 4 nitrogen and oxygen atoms in total. The zero-order chi connectivity index (χ0) is 14.0. The molecule has 108 valence electrons. The molecule has 1 aliphatic rings. The molecule has 4 N–H and O–H groups in total. The molecule has 0 bridgehead atoms. The van der Waals surface area contributed by atoms with Crippen molar-refractivity contribution in [3.05, 3.63) is 0 Å². The van der Waals surface area contributed by atoms with E-state index in [1.54, 1.807) is 0 Å². The summed E-state index contributed by atoms with van der Waals surface area (Å²) in [6.45, 7) is 10.2. The minimum atomic E-state index is -0.205. The van der Waals surface area contributed by atoms with Crippen LogP contribution in [0.1, 0.15) is 60.3 Å². The molecule has 0 aromatic rings. The van der Waals surface area contributed by atoms with Crippen molar-refractivity contribution in [1.29, 1.82) is 0 Å². The summed E-state index contributed by atoms with van der Waals surface area (Å²) in [4.78, 5) is 0.